The number of amidine groups is 1. The van der Waals surface area contributed by atoms with Crippen LogP contribution < -0.4 is 5.43 Å². The Morgan fingerprint density at radius 1 is 1.57 bits per heavy atom. The summed E-state index contributed by atoms with van der Waals surface area (Å²) in [5, 5.41) is 3.96. The van der Waals surface area contributed by atoms with Crippen LogP contribution in [0.15, 0.2) is 21.4 Å². The molecule has 78 valence electrons. The van der Waals surface area contributed by atoms with Crippen molar-refractivity contribution in [2.24, 2.45) is 9.98 Å². The summed E-state index contributed by atoms with van der Waals surface area (Å²) in [6.45, 7) is 8.40. The minimum Gasteiger partial charge on any atom is -0.284 e. The van der Waals surface area contributed by atoms with E-state index in [4.69, 9.17) is 0 Å². The van der Waals surface area contributed by atoms with Crippen molar-refractivity contribution in [1.29, 1.82) is 0 Å². The second-order valence-electron chi connectivity index (χ2n) is 3.02. The van der Waals surface area contributed by atoms with Crippen LogP contribution in [0, 0.1) is 0 Å². The lowest BCUT2D eigenvalue weighted by Gasteiger charge is -2.23. The molecule has 1 aliphatic rings. The fraction of sp³-hybridized carbons (Fsp3) is 0.556. The van der Waals surface area contributed by atoms with Crippen LogP contribution in [0.25, 0.3) is 0 Å². The summed E-state index contributed by atoms with van der Waals surface area (Å²) in [6.07, 6.45) is 0. The molecule has 1 N–H and O–H groups in total. The van der Waals surface area contributed by atoms with E-state index in [-0.39, 0.29) is 0 Å². The second kappa shape index (κ2) is 4.23. The molecule has 1 fully saturated rings. The molecule has 0 bridgehead atoms. The normalized spacial score (nSPS) is 24.0. The van der Waals surface area contributed by atoms with E-state index >= 15 is 0 Å². The molecule has 0 spiro atoms. The van der Waals surface area contributed by atoms with Crippen molar-refractivity contribution >= 4 is 12.6 Å². The van der Waals surface area contributed by atoms with E-state index in [0.29, 0.717) is 0 Å². The molecule has 0 aromatic carbocycles. The van der Waals surface area contributed by atoms with Crippen LogP contribution in [0.4, 0.5) is 0 Å². The van der Waals surface area contributed by atoms with Crippen molar-refractivity contribution in [2.75, 3.05) is 20.6 Å². The molecule has 0 aromatic heterocycles. The van der Waals surface area contributed by atoms with Gasteiger partial charge in [0.05, 0.1) is 5.70 Å². The van der Waals surface area contributed by atoms with E-state index in [2.05, 4.69) is 34.1 Å². The Hall–Kier alpha value is -1.36. The first-order chi connectivity index (χ1) is 6.65. The van der Waals surface area contributed by atoms with Gasteiger partial charge in [0.25, 0.3) is 0 Å². The SMILES string of the molecule is C=N/C(C)=C1/C(=NC)NN(C)N1CC. The number of rotatable bonds is 2. The van der Waals surface area contributed by atoms with Crippen LogP contribution in [0.1, 0.15) is 13.8 Å². The molecule has 0 amide bonds. The van der Waals surface area contributed by atoms with E-state index in [1.807, 2.05) is 19.1 Å². The van der Waals surface area contributed by atoms with E-state index in [1.165, 1.54) is 0 Å². The Bertz CT molecular complexity index is 292. The monoisotopic (exact) mass is 195 g/mol. The van der Waals surface area contributed by atoms with Gasteiger partial charge in [0, 0.05) is 20.6 Å². The molecule has 0 atom stereocenters. The molecule has 0 aromatic rings. The smallest absolute Gasteiger partial charge is 0.164 e. The van der Waals surface area contributed by atoms with Gasteiger partial charge in [-0.25, -0.2) is 0 Å². The molecule has 0 aliphatic carbocycles. The Morgan fingerprint density at radius 3 is 2.64 bits per heavy atom. The third kappa shape index (κ3) is 1.63. The summed E-state index contributed by atoms with van der Waals surface area (Å²) in [4.78, 5) is 8.10. The number of nitrogens with zero attached hydrogens (tertiary/aromatic N) is 4. The topological polar surface area (TPSA) is 43.2 Å². The standard InChI is InChI=1S/C9H17N5/c1-6-14-8(7(2)10-3)9(11-4)12-13(14)5/h3,6H2,1-2,4-5H3,(H,11,12)/b8-7-. The van der Waals surface area contributed by atoms with E-state index in [9.17, 15) is 0 Å². The van der Waals surface area contributed by atoms with Crippen molar-refractivity contribution in [2.45, 2.75) is 13.8 Å². The summed E-state index contributed by atoms with van der Waals surface area (Å²) in [6, 6.07) is 0. The van der Waals surface area contributed by atoms with Gasteiger partial charge in [-0.05, 0) is 20.6 Å². The van der Waals surface area contributed by atoms with Gasteiger partial charge in [0.15, 0.2) is 5.84 Å². The van der Waals surface area contributed by atoms with E-state index in [1.54, 1.807) is 7.05 Å². The molecule has 1 heterocycles. The lowest BCUT2D eigenvalue weighted by molar-refractivity contribution is 0.0452. The maximum absolute atomic E-state index is 4.16. The van der Waals surface area contributed by atoms with Crippen LogP contribution in [-0.4, -0.2) is 43.3 Å². The molecule has 0 radical (unpaired) electrons. The van der Waals surface area contributed by atoms with Gasteiger partial charge in [-0.2, -0.15) is 0 Å². The number of hydrogen-bond acceptors (Lipinski definition) is 4. The first-order valence-corrected chi connectivity index (χ1v) is 4.58. The highest BCUT2D eigenvalue weighted by molar-refractivity contribution is 5.99. The predicted octanol–water partition coefficient (Wildman–Crippen LogP) is 0.634. The van der Waals surface area contributed by atoms with E-state index in [0.717, 1.165) is 23.8 Å². The van der Waals surface area contributed by atoms with Crippen LogP contribution in [0.2, 0.25) is 0 Å². The van der Waals surface area contributed by atoms with Gasteiger partial charge < -0.3 is 0 Å². The number of nitrogens with one attached hydrogen (secondary N) is 1. The van der Waals surface area contributed by atoms with Gasteiger partial charge in [-0.3, -0.25) is 20.4 Å². The quantitative estimate of drug-likeness (QED) is 0.657. The maximum atomic E-state index is 4.16. The van der Waals surface area contributed by atoms with E-state index < -0.39 is 0 Å². The summed E-state index contributed by atoms with van der Waals surface area (Å²) < 4.78 is 0. The number of hydrazine groups is 2. The van der Waals surface area contributed by atoms with Gasteiger partial charge in [-0.1, -0.05) is 0 Å². The lowest BCUT2D eigenvalue weighted by atomic mass is 10.3. The fourth-order valence-electron chi connectivity index (χ4n) is 1.50. The van der Waals surface area contributed by atoms with Crippen LogP contribution >= 0.6 is 0 Å². The highest BCUT2D eigenvalue weighted by Crippen LogP contribution is 2.18. The maximum Gasteiger partial charge on any atom is 0.164 e. The highest BCUT2D eigenvalue weighted by atomic mass is 15.8. The summed E-state index contributed by atoms with van der Waals surface area (Å²) in [7, 11) is 3.70. The Labute approximate surface area is 84.8 Å². The first kappa shape index (κ1) is 10.7. The van der Waals surface area contributed by atoms with Gasteiger partial charge in [0.2, 0.25) is 0 Å². The van der Waals surface area contributed by atoms with Crippen LogP contribution in [0.5, 0.6) is 0 Å². The van der Waals surface area contributed by atoms with Crippen molar-refractivity contribution in [3.05, 3.63) is 11.4 Å². The average molecular weight is 195 g/mol. The molecule has 0 unspecified atom stereocenters. The lowest BCUT2D eigenvalue weighted by Crippen LogP contribution is -2.38. The molecule has 5 nitrogen and oxygen atoms in total. The van der Waals surface area contributed by atoms with Gasteiger partial charge in [-0.15, -0.1) is 5.12 Å². The molecule has 1 saturated heterocycles. The first-order valence-electron chi connectivity index (χ1n) is 4.58. The summed E-state index contributed by atoms with van der Waals surface area (Å²) in [5.41, 5.74) is 5.01. The number of allylic oxidation sites excluding steroid dienone is 1. The molecule has 14 heavy (non-hydrogen) atoms. The summed E-state index contributed by atoms with van der Waals surface area (Å²) in [5.74, 6) is 0.833. The Balaban J connectivity index is 3.15. The Kier molecular flexibility index (Phi) is 3.24. The Morgan fingerprint density at radius 2 is 2.21 bits per heavy atom. The van der Waals surface area contributed by atoms with Crippen molar-refractivity contribution in [1.82, 2.24) is 15.6 Å². The average Bonchev–Trinajstić information content (AvgIpc) is 2.53. The number of hydrogen-bond donors (Lipinski definition) is 1. The van der Waals surface area contributed by atoms with Crippen LogP contribution in [0.3, 0.4) is 0 Å². The fourth-order valence-corrected chi connectivity index (χ4v) is 1.50. The van der Waals surface area contributed by atoms with Crippen molar-refractivity contribution < 1.29 is 0 Å². The number of likely N-dealkylation sites (N-methyl/N-ethyl adjacent to an activating group) is 1. The van der Waals surface area contributed by atoms with Crippen molar-refractivity contribution in [3.8, 4) is 0 Å². The third-order valence-electron chi connectivity index (χ3n) is 2.22. The zero-order valence-corrected chi connectivity index (χ0v) is 9.20. The van der Waals surface area contributed by atoms with Crippen LogP contribution in [-0.2, 0) is 0 Å². The molecular formula is C9H17N5. The number of aliphatic imine (C=N–C) groups is 2. The molecule has 1 aliphatic heterocycles. The predicted molar refractivity (Wildman–Crippen MR) is 58.9 cm³/mol. The highest BCUT2D eigenvalue weighted by Gasteiger charge is 2.28. The minimum absolute atomic E-state index is 0.833. The molecule has 1 rings (SSSR count). The zero-order chi connectivity index (χ0) is 10.7. The molecule has 0 saturated carbocycles. The second-order valence-corrected chi connectivity index (χ2v) is 3.02. The minimum atomic E-state index is 0.833. The molecule has 5 heteroatoms. The molecular weight excluding hydrogens is 178 g/mol. The largest absolute Gasteiger partial charge is 0.284 e. The van der Waals surface area contributed by atoms with Gasteiger partial charge in [0.1, 0.15) is 5.70 Å². The third-order valence-corrected chi connectivity index (χ3v) is 2.22. The van der Waals surface area contributed by atoms with Crippen molar-refractivity contribution in [3.63, 3.8) is 0 Å². The van der Waals surface area contributed by atoms with Gasteiger partial charge >= 0.3 is 0 Å². The zero-order valence-electron chi connectivity index (χ0n) is 9.20. The summed E-state index contributed by atoms with van der Waals surface area (Å²) >= 11 is 0.